The Morgan fingerprint density at radius 3 is 2.36 bits per heavy atom. The second-order valence-electron chi connectivity index (χ2n) is 7.18. The first-order valence-electron chi connectivity index (χ1n) is 9.31. The number of nitrogens with one attached hydrogen (secondary N) is 1. The number of carboxylic acids is 1. The highest BCUT2D eigenvalue weighted by Crippen LogP contribution is 2.29. The van der Waals surface area contributed by atoms with Gasteiger partial charge in [0.25, 0.3) is 5.91 Å². The van der Waals surface area contributed by atoms with Crippen LogP contribution in [0.2, 0.25) is 0 Å². The molecule has 7 heteroatoms. The van der Waals surface area contributed by atoms with E-state index in [2.05, 4.69) is 5.32 Å². The van der Waals surface area contributed by atoms with Gasteiger partial charge in [-0.25, -0.2) is 9.59 Å². The first-order chi connectivity index (χ1) is 13.1. The molecule has 28 heavy (non-hydrogen) atoms. The monoisotopic (exact) mass is 389 g/mol. The summed E-state index contributed by atoms with van der Waals surface area (Å²) < 4.78 is 11.2. The lowest BCUT2D eigenvalue weighted by Gasteiger charge is -2.23. The smallest absolute Gasteiger partial charge is 0.339 e. The minimum atomic E-state index is -1.08. The molecule has 0 fully saturated rings. The van der Waals surface area contributed by atoms with Gasteiger partial charge in [0, 0.05) is 16.5 Å². The van der Waals surface area contributed by atoms with Crippen molar-refractivity contribution in [3.8, 4) is 5.75 Å². The predicted molar refractivity (Wildman–Crippen MR) is 106 cm³/mol. The van der Waals surface area contributed by atoms with Gasteiger partial charge in [-0.15, -0.1) is 0 Å². The summed E-state index contributed by atoms with van der Waals surface area (Å²) in [7, 11) is 0. The molecular weight excluding hydrogens is 362 g/mol. The number of fused-ring (bicyclic) bond motifs is 1. The number of benzene rings is 1. The van der Waals surface area contributed by atoms with E-state index in [-0.39, 0.29) is 5.92 Å². The molecule has 1 heterocycles. The maximum absolute atomic E-state index is 12.4. The zero-order chi connectivity index (χ0) is 21.2. The maximum atomic E-state index is 12.4. The number of rotatable bonds is 7. The van der Waals surface area contributed by atoms with Crippen molar-refractivity contribution in [2.24, 2.45) is 5.92 Å². The van der Waals surface area contributed by atoms with E-state index >= 15 is 0 Å². The second-order valence-corrected chi connectivity index (χ2v) is 7.18. The third-order valence-corrected chi connectivity index (χ3v) is 5.27. The third kappa shape index (κ3) is 4.18. The standard InChI is InChI=1S/C21H27NO6/c1-7-10(2)17(20(24)25)22-19(23)14(6)27-16-9-8-15-11(3)12(4)21(26)28-18(15)13(16)5/h8-10,14,17H,7H2,1-6H3,(H,22,23)(H,24,25). The largest absolute Gasteiger partial charge is 0.480 e. The van der Waals surface area contributed by atoms with Crippen molar-refractivity contribution in [2.45, 2.75) is 60.1 Å². The van der Waals surface area contributed by atoms with Gasteiger partial charge in [0.2, 0.25) is 0 Å². The molecule has 2 aromatic rings. The highest BCUT2D eigenvalue weighted by atomic mass is 16.5. The predicted octanol–water partition coefficient (Wildman–Crippen LogP) is 3.10. The topological polar surface area (TPSA) is 106 Å². The summed E-state index contributed by atoms with van der Waals surface area (Å²) in [4.78, 5) is 35.8. The van der Waals surface area contributed by atoms with E-state index in [1.807, 2.05) is 13.8 Å². The highest BCUT2D eigenvalue weighted by Gasteiger charge is 2.28. The molecule has 3 unspecified atom stereocenters. The number of aryl methyl sites for hydroxylation is 2. The SMILES string of the molecule is CCC(C)C(NC(=O)C(C)Oc1ccc2c(C)c(C)c(=O)oc2c1C)C(=O)O. The van der Waals surface area contributed by atoms with Gasteiger partial charge in [-0.2, -0.15) is 0 Å². The number of carboxylic acid groups (broad SMARTS) is 1. The summed E-state index contributed by atoms with van der Waals surface area (Å²) in [6.07, 6.45) is -0.297. The molecule has 0 bridgehead atoms. The Labute approximate surface area is 163 Å². The lowest BCUT2D eigenvalue weighted by Crippen LogP contribution is -2.49. The molecule has 2 rings (SSSR count). The lowest BCUT2D eigenvalue weighted by atomic mass is 9.99. The van der Waals surface area contributed by atoms with Crippen molar-refractivity contribution >= 4 is 22.8 Å². The number of hydrogen-bond acceptors (Lipinski definition) is 5. The number of aliphatic carboxylic acids is 1. The van der Waals surface area contributed by atoms with Gasteiger partial charge in [-0.05, 0) is 51.3 Å². The Kier molecular flexibility index (Phi) is 6.48. The van der Waals surface area contributed by atoms with Crippen LogP contribution in [-0.4, -0.2) is 29.1 Å². The maximum Gasteiger partial charge on any atom is 0.339 e. The summed E-state index contributed by atoms with van der Waals surface area (Å²) in [5.74, 6) is -1.41. The minimum Gasteiger partial charge on any atom is -0.480 e. The molecular formula is C21H27NO6. The average Bonchev–Trinajstić information content (AvgIpc) is 2.65. The van der Waals surface area contributed by atoms with Gasteiger partial charge in [-0.3, -0.25) is 4.79 Å². The molecule has 1 amide bonds. The van der Waals surface area contributed by atoms with Crippen LogP contribution in [0.3, 0.4) is 0 Å². The molecule has 3 atom stereocenters. The molecule has 2 N–H and O–H groups in total. The van der Waals surface area contributed by atoms with Crippen LogP contribution in [0.5, 0.6) is 5.75 Å². The fraction of sp³-hybridized carbons (Fsp3) is 0.476. The Hall–Kier alpha value is -2.83. The summed E-state index contributed by atoms with van der Waals surface area (Å²) >= 11 is 0. The van der Waals surface area contributed by atoms with E-state index < -0.39 is 29.6 Å². The Bertz CT molecular complexity index is 962. The van der Waals surface area contributed by atoms with E-state index in [9.17, 15) is 19.5 Å². The molecule has 0 saturated carbocycles. The van der Waals surface area contributed by atoms with Crippen LogP contribution in [0, 0.1) is 26.7 Å². The minimum absolute atomic E-state index is 0.212. The second kappa shape index (κ2) is 8.46. The molecule has 152 valence electrons. The lowest BCUT2D eigenvalue weighted by molar-refractivity contribution is -0.144. The van der Waals surface area contributed by atoms with Gasteiger partial charge < -0.3 is 19.6 Å². The summed E-state index contributed by atoms with van der Waals surface area (Å²) in [5, 5.41) is 12.7. The number of carbonyl (C=O) groups is 2. The Balaban J connectivity index is 2.27. The first kappa shape index (κ1) is 21.5. The Morgan fingerprint density at radius 2 is 1.79 bits per heavy atom. The van der Waals surface area contributed by atoms with E-state index in [1.54, 1.807) is 39.8 Å². The van der Waals surface area contributed by atoms with Gasteiger partial charge >= 0.3 is 11.6 Å². The van der Waals surface area contributed by atoms with Crippen LogP contribution in [-0.2, 0) is 9.59 Å². The van der Waals surface area contributed by atoms with Crippen molar-refractivity contribution < 1.29 is 23.8 Å². The van der Waals surface area contributed by atoms with Gasteiger partial charge in [-0.1, -0.05) is 20.3 Å². The van der Waals surface area contributed by atoms with Crippen molar-refractivity contribution in [1.29, 1.82) is 0 Å². The van der Waals surface area contributed by atoms with Gasteiger partial charge in [0.1, 0.15) is 17.4 Å². The van der Waals surface area contributed by atoms with Crippen LogP contribution in [0.15, 0.2) is 21.3 Å². The zero-order valence-electron chi connectivity index (χ0n) is 17.1. The molecule has 0 saturated heterocycles. The van der Waals surface area contributed by atoms with E-state index in [0.29, 0.717) is 28.9 Å². The van der Waals surface area contributed by atoms with Crippen LogP contribution in [0.1, 0.15) is 43.9 Å². The average molecular weight is 389 g/mol. The van der Waals surface area contributed by atoms with E-state index in [1.165, 1.54) is 0 Å². The Morgan fingerprint density at radius 1 is 1.14 bits per heavy atom. The summed E-state index contributed by atoms with van der Waals surface area (Å²) in [5.41, 5.74) is 2.01. The van der Waals surface area contributed by atoms with Crippen molar-refractivity contribution in [3.63, 3.8) is 0 Å². The number of ether oxygens (including phenoxy) is 1. The number of carbonyl (C=O) groups excluding carboxylic acids is 1. The summed E-state index contributed by atoms with van der Waals surface area (Å²) in [6, 6.07) is 2.52. The molecule has 1 aromatic carbocycles. The van der Waals surface area contributed by atoms with Gasteiger partial charge in [0.15, 0.2) is 6.10 Å². The number of amides is 1. The molecule has 7 nitrogen and oxygen atoms in total. The van der Waals surface area contributed by atoms with Crippen molar-refractivity contribution in [3.05, 3.63) is 39.2 Å². The van der Waals surface area contributed by atoms with E-state index in [4.69, 9.17) is 9.15 Å². The molecule has 0 aliphatic carbocycles. The normalized spacial score (nSPS) is 14.4. The fourth-order valence-corrected chi connectivity index (χ4v) is 2.95. The molecule has 0 aliphatic heterocycles. The molecule has 0 aliphatic rings. The first-order valence-corrected chi connectivity index (χ1v) is 9.31. The van der Waals surface area contributed by atoms with Crippen molar-refractivity contribution in [2.75, 3.05) is 0 Å². The molecule has 0 radical (unpaired) electrons. The van der Waals surface area contributed by atoms with Gasteiger partial charge in [0.05, 0.1) is 0 Å². The quantitative estimate of drug-likeness (QED) is 0.705. The zero-order valence-corrected chi connectivity index (χ0v) is 17.1. The van der Waals surface area contributed by atoms with Crippen LogP contribution in [0.25, 0.3) is 11.0 Å². The fourth-order valence-electron chi connectivity index (χ4n) is 2.95. The van der Waals surface area contributed by atoms with Crippen LogP contribution < -0.4 is 15.7 Å². The van der Waals surface area contributed by atoms with E-state index in [0.717, 1.165) is 10.9 Å². The molecule has 1 aromatic heterocycles. The molecule has 0 spiro atoms. The highest BCUT2D eigenvalue weighted by molar-refractivity contribution is 5.87. The summed E-state index contributed by atoms with van der Waals surface area (Å²) in [6.45, 7) is 10.5. The number of hydrogen-bond donors (Lipinski definition) is 2. The van der Waals surface area contributed by atoms with Crippen molar-refractivity contribution in [1.82, 2.24) is 5.32 Å². The third-order valence-electron chi connectivity index (χ3n) is 5.27. The van der Waals surface area contributed by atoms with Crippen LogP contribution >= 0.6 is 0 Å². The van der Waals surface area contributed by atoms with Crippen LogP contribution in [0.4, 0.5) is 0 Å².